The Hall–Kier alpha value is -1.78. The van der Waals surface area contributed by atoms with Crippen LogP contribution in [0, 0.1) is 0 Å². The molecule has 2 rings (SSSR count). The Morgan fingerprint density at radius 1 is 1.31 bits per heavy atom. The maximum Gasteiger partial charge on any atom is 0.410 e. The van der Waals surface area contributed by atoms with E-state index in [4.69, 9.17) is 10.5 Å². The smallest absolute Gasteiger partial charge is 0.409 e. The molecule has 1 aliphatic heterocycles. The number of amides is 1. The average molecular weight is 221 g/mol. The molecule has 2 heterocycles. The fourth-order valence-electron chi connectivity index (χ4n) is 1.86. The molecule has 0 spiro atoms. The van der Waals surface area contributed by atoms with Gasteiger partial charge in [-0.3, -0.25) is 0 Å². The Morgan fingerprint density at radius 2 is 2.06 bits per heavy atom. The Morgan fingerprint density at radius 3 is 2.62 bits per heavy atom. The minimum Gasteiger partial charge on any atom is -0.409 e. The van der Waals surface area contributed by atoms with E-state index in [1.165, 1.54) is 25.5 Å². The van der Waals surface area contributed by atoms with Crippen molar-refractivity contribution in [3.8, 4) is 5.75 Å². The van der Waals surface area contributed by atoms with E-state index in [0.29, 0.717) is 5.75 Å². The molecule has 0 bridgehead atoms. The summed E-state index contributed by atoms with van der Waals surface area (Å²) in [5, 5.41) is 0. The van der Waals surface area contributed by atoms with E-state index >= 15 is 0 Å². The van der Waals surface area contributed by atoms with E-state index in [1.54, 1.807) is 6.07 Å². The van der Waals surface area contributed by atoms with Crippen LogP contribution in [0.4, 0.5) is 10.6 Å². The fourth-order valence-corrected chi connectivity index (χ4v) is 1.86. The second kappa shape index (κ2) is 4.83. The Bertz CT molecular complexity index is 358. The van der Waals surface area contributed by atoms with Gasteiger partial charge in [0.05, 0.1) is 6.20 Å². The molecule has 0 aliphatic carbocycles. The van der Waals surface area contributed by atoms with Crippen LogP contribution in [0.15, 0.2) is 18.3 Å². The number of rotatable bonds is 2. The highest BCUT2D eigenvalue weighted by molar-refractivity contribution is 5.68. The zero-order valence-corrected chi connectivity index (χ0v) is 9.06. The van der Waals surface area contributed by atoms with Crippen molar-refractivity contribution < 1.29 is 9.53 Å². The third kappa shape index (κ3) is 2.62. The molecule has 0 radical (unpaired) electrons. The summed E-state index contributed by atoms with van der Waals surface area (Å²) in [7, 11) is 0. The zero-order chi connectivity index (χ0) is 11.4. The van der Waals surface area contributed by atoms with Gasteiger partial charge in [0.2, 0.25) is 0 Å². The minimum atomic E-state index is -0.812. The van der Waals surface area contributed by atoms with Crippen LogP contribution in [-0.2, 0) is 0 Å². The van der Waals surface area contributed by atoms with Gasteiger partial charge in [-0.2, -0.15) is 0 Å². The first-order chi connectivity index (χ1) is 7.75. The van der Waals surface area contributed by atoms with Gasteiger partial charge in [0, 0.05) is 13.1 Å². The van der Waals surface area contributed by atoms with Gasteiger partial charge in [-0.15, -0.1) is 0 Å². The van der Waals surface area contributed by atoms with Crippen LogP contribution in [0.3, 0.4) is 0 Å². The molecule has 1 saturated heterocycles. The molecule has 2 N–H and O–H groups in total. The summed E-state index contributed by atoms with van der Waals surface area (Å²) in [6.45, 7) is 2.09. The topological polar surface area (TPSA) is 68.5 Å². The Labute approximate surface area is 94.2 Å². The number of anilines is 1. The number of nitrogens with zero attached hydrogens (tertiary/aromatic N) is 2. The lowest BCUT2D eigenvalue weighted by Crippen LogP contribution is -2.30. The SMILES string of the molecule is NC(=O)Oc1ccc(N2CCCCC2)nc1. The first-order valence-electron chi connectivity index (χ1n) is 5.44. The van der Waals surface area contributed by atoms with Gasteiger partial charge in [-0.1, -0.05) is 0 Å². The third-order valence-electron chi connectivity index (χ3n) is 2.62. The average Bonchev–Trinajstić information content (AvgIpc) is 2.30. The molecule has 1 aromatic heterocycles. The molecule has 86 valence electrons. The second-order valence-electron chi connectivity index (χ2n) is 3.82. The van der Waals surface area contributed by atoms with E-state index in [0.717, 1.165) is 18.9 Å². The number of ether oxygens (including phenoxy) is 1. The zero-order valence-electron chi connectivity index (χ0n) is 9.06. The van der Waals surface area contributed by atoms with E-state index in [-0.39, 0.29) is 0 Å². The van der Waals surface area contributed by atoms with Crippen LogP contribution in [0.5, 0.6) is 5.75 Å². The summed E-state index contributed by atoms with van der Waals surface area (Å²) in [5.41, 5.74) is 4.91. The highest BCUT2D eigenvalue weighted by Gasteiger charge is 2.11. The van der Waals surface area contributed by atoms with E-state index in [2.05, 4.69) is 9.88 Å². The largest absolute Gasteiger partial charge is 0.410 e. The first kappa shape index (κ1) is 10.7. The minimum absolute atomic E-state index is 0.383. The lowest BCUT2D eigenvalue weighted by Gasteiger charge is -2.27. The predicted molar refractivity (Wildman–Crippen MR) is 60.5 cm³/mol. The molecule has 0 atom stereocenters. The summed E-state index contributed by atoms with van der Waals surface area (Å²) in [5.74, 6) is 1.31. The molecule has 0 unspecified atom stereocenters. The van der Waals surface area contributed by atoms with Crippen LogP contribution < -0.4 is 15.4 Å². The maximum atomic E-state index is 10.5. The summed E-state index contributed by atoms with van der Waals surface area (Å²) < 4.78 is 4.71. The van der Waals surface area contributed by atoms with Crippen molar-refractivity contribution in [3.63, 3.8) is 0 Å². The van der Waals surface area contributed by atoms with Gasteiger partial charge in [0.1, 0.15) is 5.82 Å². The van der Waals surface area contributed by atoms with Crippen LogP contribution in [-0.4, -0.2) is 24.2 Å². The molecular formula is C11H15N3O2. The number of primary amides is 1. The van der Waals surface area contributed by atoms with Gasteiger partial charge in [0.25, 0.3) is 0 Å². The highest BCUT2D eigenvalue weighted by Crippen LogP contribution is 2.19. The van der Waals surface area contributed by atoms with Crippen molar-refractivity contribution in [2.75, 3.05) is 18.0 Å². The number of hydrogen-bond donors (Lipinski definition) is 1. The molecule has 16 heavy (non-hydrogen) atoms. The molecule has 0 aromatic carbocycles. The second-order valence-corrected chi connectivity index (χ2v) is 3.82. The fraction of sp³-hybridized carbons (Fsp3) is 0.455. The molecule has 1 fully saturated rings. The number of piperidine rings is 1. The Kier molecular flexibility index (Phi) is 3.24. The van der Waals surface area contributed by atoms with Crippen molar-refractivity contribution >= 4 is 11.9 Å². The lowest BCUT2D eigenvalue weighted by molar-refractivity contribution is 0.210. The van der Waals surface area contributed by atoms with Crippen molar-refractivity contribution in [3.05, 3.63) is 18.3 Å². The quantitative estimate of drug-likeness (QED) is 0.822. The van der Waals surface area contributed by atoms with Gasteiger partial charge in [0.15, 0.2) is 5.75 Å². The van der Waals surface area contributed by atoms with Crippen molar-refractivity contribution in [2.45, 2.75) is 19.3 Å². The molecule has 1 aliphatic rings. The number of hydrogen-bond acceptors (Lipinski definition) is 4. The Balaban J connectivity index is 2.03. The van der Waals surface area contributed by atoms with Crippen LogP contribution in [0.1, 0.15) is 19.3 Å². The van der Waals surface area contributed by atoms with Crippen molar-refractivity contribution in [1.82, 2.24) is 4.98 Å². The highest BCUT2D eigenvalue weighted by atomic mass is 16.5. The summed E-state index contributed by atoms with van der Waals surface area (Å²) >= 11 is 0. The summed E-state index contributed by atoms with van der Waals surface area (Å²) in [6, 6.07) is 3.56. The summed E-state index contributed by atoms with van der Waals surface area (Å²) in [6.07, 6.45) is 4.42. The third-order valence-corrected chi connectivity index (χ3v) is 2.62. The van der Waals surface area contributed by atoms with Crippen LogP contribution in [0.2, 0.25) is 0 Å². The number of nitrogens with two attached hydrogens (primary N) is 1. The van der Waals surface area contributed by atoms with E-state index < -0.39 is 6.09 Å². The van der Waals surface area contributed by atoms with Crippen molar-refractivity contribution in [1.29, 1.82) is 0 Å². The summed E-state index contributed by atoms with van der Waals surface area (Å²) in [4.78, 5) is 17.0. The van der Waals surface area contributed by atoms with Gasteiger partial charge >= 0.3 is 6.09 Å². The first-order valence-corrected chi connectivity index (χ1v) is 5.44. The standard InChI is InChI=1S/C11H15N3O2/c12-11(15)16-9-4-5-10(13-8-9)14-6-2-1-3-7-14/h4-5,8H,1-3,6-7H2,(H2,12,15). The van der Waals surface area contributed by atoms with Crippen LogP contribution in [0.25, 0.3) is 0 Å². The van der Waals surface area contributed by atoms with Gasteiger partial charge < -0.3 is 15.4 Å². The van der Waals surface area contributed by atoms with E-state index in [9.17, 15) is 4.79 Å². The van der Waals surface area contributed by atoms with E-state index in [1.807, 2.05) is 6.07 Å². The number of aromatic nitrogens is 1. The molecule has 0 saturated carbocycles. The number of carbonyl (C=O) groups is 1. The van der Waals surface area contributed by atoms with Crippen LogP contribution >= 0.6 is 0 Å². The lowest BCUT2D eigenvalue weighted by atomic mass is 10.1. The predicted octanol–water partition coefficient (Wildman–Crippen LogP) is 1.53. The van der Waals surface area contributed by atoms with Crippen molar-refractivity contribution in [2.24, 2.45) is 5.73 Å². The number of pyridine rings is 1. The normalized spacial score (nSPS) is 15.9. The monoisotopic (exact) mass is 221 g/mol. The van der Waals surface area contributed by atoms with Gasteiger partial charge in [-0.05, 0) is 31.4 Å². The molecule has 1 aromatic rings. The maximum absolute atomic E-state index is 10.5. The molecule has 1 amide bonds. The molecular weight excluding hydrogens is 206 g/mol. The van der Waals surface area contributed by atoms with Gasteiger partial charge in [-0.25, -0.2) is 9.78 Å². The molecule has 5 heteroatoms. The molecule has 5 nitrogen and oxygen atoms in total. The number of carbonyl (C=O) groups excluding carboxylic acids is 1.